The Hall–Kier alpha value is -1.62. The van der Waals surface area contributed by atoms with Crippen LogP contribution in [-0.2, 0) is 5.54 Å². The Kier molecular flexibility index (Phi) is 2.55. The van der Waals surface area contributed by atoms with Gasteiger partial charge in [-0.05, 0) is 24.5 Å². The van der Waals surface area contributed by atoms with Crippen LogP contribution in [0.5, 0.6) is 5.75 Å². The summed E-state index contributed by atoms with van der Waals surface area (Å²) in [5.41, 5.74) is 6.28. The van der Waals surface area contributed by atoms with Crippen molar-refractivity contribution in [2.75, 3.05) is 0 Å². The van der Waals surface area contributed by atoms with Crippen molar-refractivity contribution >= 4 is 5.69 Å². The van der Waals surface area contributed by atoms with Crippen LogP contribution in [0.4, 0.5) is 5.69 Å². The summed E-state index contributed by atoms with van der Waals surface area (Å²) in [6, 6.07) is 4.38. The van der Waals surface area contributed by atoms with Gasteiger partial charge in [0.2, 0.25) is 0 Å². The standard InChI is InChI=1S/C11H14N2O3/c12-11(5-1-2-6-11)8-3-4-9(13(15)16)10(14)7-8/h3-4,7,14H,1-2,5-6,12H2. The van der Waals surface area contributed by atoms with Gasteiger partial charge in [0, 0.05) is 11.6 Å². The first kappa shape index (κ1) is 10.9. The van der Waals surface area contributed by atoms with Gasteiger partial charge in [0.15, 0.2) is 5.75 Å². The fourth-order valence-electron chi connectivity index (χ4n) is 2.28. The maximum Gasteiger partial charge on any atom is 0.310 e. The molecule has 0 atom stereocenters. The van der Waals surface area contributed by atoms with Gasteiger partial charge in [-0.1, -0.05) is 18.9 Å². The number of hydrogen-bond acceptors (Lipinski definition) is 4. The third kappa shape index (κ3) is 1.74. The van der Waals surface area contributed by atoms with Crippen molar-refractivity contribution in [3.05, 3.63) is 33.9 Å². The number of hydrogen-bond donors (Lipinski definition) is 2. The fraction of sp³-hybridized carbons (Fsp3) is 0.455. The Morgan fingerprint density at radius 3 is 2.50 bits per heavy atom. The summed E-state index contributed by atoms with van der Waals surface area (Å²) in [6.07, 6.45) is 3.86. The largest absolute Gasteiger partial charge is 0.502 e. The lowest BCUT2D eigenvalue weighted by atomic mass is 9.89. The minimum atomic E-state index is -0.600. The quantitative estimate of drug-likeness (QED) is 0.591. The molecule has 1 aliphatic carbocycles. The van der Waals surface area contributed by atoms with E-state index in [1.807, 2.05) is 0 Å². The number of nitro benzene ring substituents is 1. The second-order valence-corrected chi connectivity index (χ2v) is 4.32. The molecule has 0 heterocycles. The van der Waals surface area contributed by atoms with Gasteiger partial charge in [0.1, 0.15) is 0 Å². The highest BCUT2D eigenvalue weighted by Crippen LogP contribution is 2.39. The lowest BCUT2D eigenvalue weighted by Crippen LogP contribution is -2.32. The second kappa shape index (κ2) is 3.75. The van der Waals surface area contributed by atoms with Crippen molar-refractivity contribution < 1.29 is 10.0 Å². The Morgan fingerprint density at radius 2 is 2.00 bits per heavy atom. The molecule has 0 radical (unpaired) electrons. The van der Waals surface area contributed by atoms with Crippen LogP contribution in [0.2, 0.25) is 0 Å². The van der Waals surface area contributed by atoms with Gasteiger partial charge < -0.3 is 10.8 Å². The number of phenolic OH excluding ortho intramolecular Hbond substituents is 1. The molecule has 1 saturated carbocycles. The highest BCUT2D eigenvalue weighted by molar-refractivity contribution is 5.49. The van der Waals surface area contributed by atoms with Gasteiger partial charge in [0.25, 0.3) is 0 Å². The molecular weight excluding hydrogens is 208 g/mol. The van der Waals surface area contributed by atoms with Crippen molar-refractivity contribution in [3.8, 4) is 5.75 Å². The van der Waals surface area contributed by atoms with Crippen molar-refractivity contribution in [1.82, 2.24) is 0 Å². The second-order valence-electron chi connectivity index (χ2n) is 4.32. The molecule has 0 saturated heterocycles. The van der Waals surface area contributed by atoms with Crippen LogP contribution in [0.25, 0.3) is 0 Å². The van der Waals surface area contributed by atoms with Crippen LogP contribution < -0.4 is 5.73 Å². The third-order valence-electron chi connectivity index (χ3n) is 3.24. The topological polar surface area (TPSA) is 89.4 Å². The summed E-state index contributed by atoms with van der Waals surface area (Å²) in [7, 11) is 0. The van der Waals surface area contributed by atoms with Gasteiger partial charge in [-0.15, -0.1) is 0 Å². The molecule has 16 heavy (non-hydrogen) atoms. The normalized spacial score (nSPS) is 18.6. The maximum atomic E-state index is 10.5. The zero-order chi connectivity index (χ0) is 11.8. The van der Waals surface area contributed by atoms with E-state index >= 15 is 0 Å². The molecule has 1 aliphatic rings. The van der Waals surface area contributed by atoms with E-state index in [4.69, 9.17) is 5.73 Å². The number of nitrogens with zero attached hydrogens (tertiary/aromatic N) is 1. The Morgan fingerprint density at radius 1 is 1.38 bits per heavy atom. The smallest absolute Gasteiger partial charge is 0.310 e. The number of benzene rings is 1. The van der Waals surface area contributed by atoms with E-state index in [1.54, 1.807) is 6.07 Å². The fourth-order valence-corrected chi connectivity index (χ4v) is 2.28. The van der Waals surface area contributed by atoms with Gasteiger partial charge in [-0.3, -0.25) is 10.1 Å². The van der Waals surface area contributed by atoms with E-state index in [1.165, 1.54) is 12.1 Å². The van der Waals surface area contributed by atoms with E-state index < -0.39 is 10.5 Å². The molecule has 0 amide bonds. The zero-order valence-corrected chi connectivity index (χ0v) is 8.85. The molecule has 1 fully saturated rings. The third-order valence-corrected chi connectivity index (χ3v) is 3.24. The maximum absolute atomic E-state index is 10.5. The molecule has 3 N–H and O–H groups in total. The Labute approximate surface area is 93.0 Å². The molecule has 86 valence electrons. The Balaban J connectivity index is 2.37. The molecule has 0 aromatic heterocycles. The van der Waals surface area contributed by atoms with Crippen LogP contribution in [0.3, 0.4) is 0 Å². The summed E-state index contributed by atoms with van der Waals surface area (Å²) in [6.45, 7) is 0. The number of phenols is 1. The Bertz CT molecular complexity index is 425. The van der Waals surface area contributed by atoms with Crippen molar-refractivity contribution in [1.29, 1.82) is 0 Å². The molecule has 2 rings (SSSR count). The highest BCUT2D eigenvalue weighted by Gasteiger charge is 2.32. The first-order valence-electron chi connectivity index (χ1n) is 5.30. The summed E-state index contributed by atoms with van der Waals surface area (Å²) in [4.78, 5) is 9.95. The zero-order valence-electron chi connectivity index (χ0n) is 8.85. The first-order valence-corrected chi connectivity index (χ1v) is 5.30. The van der Waals surface area contributed by atoms with Gasteiger partial charge in [-0.25, -0.2) is 0 Å². The number of rotatable bonds is 2. The molecule has 0 aliphatic heterocycles. The molecule has 0 unspecified atom stereocenters. The van der Waals surface area contributed by atoms with Crippen molar-refractivity contribution in [2.24, 2.45) is 5.73 Å². The molecule has 1 aromatic rings. The summed E-state index contributed by atoms with van der Waals surface area (Å²) >= 11 is 0. The average Bonchev–Trinajstić information content (AvgIpc) is 2.66. The average molecular weight is 222 g/mol. The van der Waals surface area contributed by atoms with Gasteiger partial charge in [-0.2, -0.15) is 0 Å². The van der Waals surface area contributed by atoms with E-state index in [2.05, 4.69) is 0 Å². The first-order chi connectivity index (χ1) is 7.53. The van der Waals surface area contributed by atoms with Crippen molar-refractivity contribution in [3.63, 3.8) is 0 Å². The monoisotopic (exact) mass is 222 g/mol. The predicted molar refractivity (Wildman–Crippen MR) is 59.1 cm³/mol. The molecular formula is C11H14N2O3. The number of nitrogens with two attached hydrogens (primary N) is 1. The molecule has 1 aromatic carbocycles. The summed E-state index contributed by atoms with van der Waals surface area (Å²) < 4.78 is 0. The van der Waals surface area contributed by atoms with Crippen LogP contribution >= 0.6 is 0 Å². The molecule has 0 bridgehead atoms. The number of aromatic hydroxyl groups is 1. The summed E-state index contributed by atoms with van der Waals surface area (Å²) in [5, 5.41) is 20.1. The minimum absolute atomic E-state index is 0.273. The van der Waals surface area contributed by atoms with Gasteiger partial charge >= 0.3 is 5.69 Å². The van der Waals surface area contributed by atoms with E-state index in [0.29, 0.717) is 0 Å². The molecule has 5 nitrogen and oxygen atoms in total. The molecule has 0 spiro atoms. The van der Waals surface area contributed by atoms with E-state index in [-0.39, 0.29) is 11.4 Å². The summed E-state index contributed by atoms with van der Waals surface area (Å²) in [5.74, 6) is -0.306. The van der Waals surface area contributed by atoms with Crippen molar-refractivity contribution in [2.45, 2.75) is 31.2 Å². The van der Waals surface area contributed by atoms with Crippen LogP contribution in [-0.4, -0.2) is 10.0 Å². The lowest BCUT2D eigenvalue weighted by molar-refractivity contribution is -0.385. The SMILES string of the molecule is NC1(c2ccc([N+](=O)[O-])c(O)c2)CCCC1. The highest BCUT2D eigenvalue weighted by atomic mass is 16.6. The number of nitro groups is 1. The van der Waals surface area contributed by atoms with Crippen LogP contribution in [0.1, 0.15) is 31.2 Å². The van der Waals surface area contributed by atoms with Crippen LogP contribution in [0, 0.1) is 10.1 Å². The lowest BCUT2D eigenvalue weighted by Gasteiger charge is -2.24. The van der Waals surface area contributed by atoms with E-state index in [9.17, 15) is 15.2 Å². The minimum Gasteiger partial charge on any atom is -0.502 e. The van der Waals surface area contributed by atoms with Crippen LogP contribution in [0.15, 0.2) is 18.2 Å². The van der Waals surface area contributed by atoms with E-state index in [0.717, 1.165) is 31.2 Å². The predicted octanol–water partition coefficient (Wildman–Crippen LogP) is 2.03. The van der Waals surface area contributed by atoms with Gasteiger partial charge in [0.05, 0.1) is 4.92 Å². The molecule has 5 heteroatoms.